The standard InChI is InChI=1S/C16H22ClNO3/c1-21-16-6-5-12(10-14(16)17)15(20)11-18-8-3-2-4-13(18)7-9-19/h5-6,10,13,19H,2-4,7-9,11H2,1H3. The summed E-state index contributed by atoms with van der Waals surface area (Å²) in [6, 6.07) is 5.43. The van der Waals surface area contributed by atoms with Crippen LogP contribution in [0.5, 0.6) is 5.75 Å². The molecule has 1 aliphatic rings. The smallest absolute Gasteiger partial charge is 0.176 e. The van der Waals surface area contributed by atoms with Crippen LogP contribution in [0.25, 0.3) is 0 Å². The molecule has 0 aromatic heterocycles. The largest absolute Gasteiger partial charge is 0.495 e. The number of Topliss-reactive ketones (excluding diaryl/α,β-unsaturated/α-hetero) is 1. The number of halogens is 1. The highest BCUT2D eigenvalue weighted by molar-refractivity contribution is 6.32. The SMILES string of the molecule is COc1ccc(C(=O)CN2CCCCC2CCO)cc1Cl. The summed E-state index contributed by atoms with van der Waals surface area (Å²) in [6.45, 7) is 1.47. The number of ether oxygens (including phenoxy) is 1. The first-order valence-corrected chi connectivity index (χ1v) is 7.75. The topological polar surface area (TPSA) is 49.8 Å². The number of benzene rings is 1. The molecule has 5 heteroatoms. The highest BCUT2D eigenvalue weighted by Gasteiger charge is 2.24. The Kier molecular flexibility index (Phi) is 6.03. The number of carbonyl (C=O) groups excluding carboxylic acids is 1. The molecular formula is C16H22ClNO3. The molecule has 1 aliphatic heterocycles. The van der Waals surface area contributed by atoms with E-state index in [9.17, 15) is 4.79 Å². The predicted molar refractivity (Wildman–Crippen MR) is 83.2 cm³/mol. The fourth-order valence-electron chi connectivity index (χ4n) is 2.86. The van der Waals surface area contributed by atoms with Gasteiger partial charge in [0.15, 0.2) is 5.78 Å². The summed E-state index contributed by atoms with van der Waals surface area (Å²) in [7, 11) is 1.55. The molecule has 0 bridgehead atoms. The van der Waals surface area contributed by atoms with Gasteiger partial charge in [0.25, 0.3) is 0 Å². The second-order valence-electron chi connectivity index (χ2n) is 5.40. The Hall–Kier alpha value is -1.10. The highest BCUT2D eigenvalue weighted by Crippen LogP contribution is 2.26. The van der Waals surface area contributed by atoms with E-state index in [0.29, 0.717) is 28.9 Å². The predicted octanol–water partition coefficient (Wildman–Crippen LogP) is 2.77. The van der Waals surface area contributed by atoms with Crippen molar-refractivity contribution in [3.8, 4) is 5.75 Å². The van der Waals surface area contributed by atoms with Crippen LogP contribution in [0.15, 0.2) is 18.2 Å². The molecule has 1 atom stereocenters. The third kappa shape index (κ3) is 4.19. The number of rotatable bonds is 6. The van der Waals surface area contributed by atoms with E-state index in [4.69, 9.17) is 21.4 Å². The minimum absolute atomic E-state index is 0.0596. The Balaban J connectivity index is 2.04. The van der Waals surface area contributed by atoms with Gasteiger partial charge in [-0.3, -0.25) is 9.69 Å². The lowest BCUT2D eigenvalue weighted by molar-refractivity contribution is 0.0799. The van der Waals surface area contributed by atoms with Crippen LogP contribution in [-0.4, -0.2) is 48.6 Å². The van der Waals surface area contributed by atoms with Crippen LogP contribution < -0.4 is 4.74 Å². The van der Waals surface area contributed by atoms with E-state index < -0.39 is 0 Å². The monoisotopic (exact) mass is 311 g/mol. The van der Waals surface area contributed by atoms with Gasteiger partial charge >= 0.3 is 0 Å². The Bertz CT molecular complexity index is 490. The number of aliphatic hydroxyl groups is 1. The number of ketones is 1. The van der Waals surface area contributed by atoms with Crippen LogP contribution in [0.1, 0.15) is 36.0 Å². The van der Waals surface area contributed by atoms with Gasteiger partial charge in [0, 0.05) is 18.2 Å². The first-order chi connectivity index (χ1) is 10.2. The van der Waals surface area contributed by atoms with Crippen molar-refractivity contribution in [1.82, 2.24) is 4.90 Å². The van der Waals surface area contributed by atoms with Crippen molar-refractivity contribution >= 4 is 17.4 Å². The number of piperidine rings is 1. The van der Waals surface area contributed by atoms with E-state index in [1.54, 1.807) is 25.3 Å². The fourth-order valence-corrected chi connectivity index (χ4v) is 3.12. The molecule has 0 spiro atoms. The summed E-state index contributed by atoms with van der Waals surface area (Å²) in [6.07, 6.45) is 4.07. The molecule has 2 rings (SSSR count). The van der Waals surface area contributed by atoms with Crippen molar-refractivity contribution in [2.45, 2.75) is 31.7 Å². The molecule has 0 saturated carbocycles. The third-order valence-corrected chi connectivity index (χ3v) is 4.33. The molecule has 4 nitrogen and oxygen atoms in total. The Morgan fingerprint density at radius 2 is 2.29 bits per heavy atom. The van der Waals surface area contributed by atoms with Gasteiger partial charge in [-0.15, -0.1) is 0 Å². The molecule has 1 N–H and O–H groups in total. The van der Waals surface area contributed by atoms with Gasteiger partial charge in [0.05, 0.1) is 18.7 Å². The molecule has 0 radical (unpaired) electrons. The lowest BCUT2D eigenvalue weighted by Gasteiger charge is -2.34. The number of hydrogen-bond donors (Lipinski definition) is 1. The van der Waals surface area contributed by atoms with Crippen LogP contribution >= 0.6 is 11.6 Å². The summed E-state index contributed by atoms with van der Waals surface area (Å²) in [5, 5.41) is 9.59. The maximum Gasteiger partial charge on any atom is 0.176 e. The Labute approximate surface area is 130 Å². The highest BCUT2D eigenvalue weighted by atomic mass is 35.5. The summed E-state index contributed by atoms with van der Waals surface area (Å²) >= 11 is 6.07. The quantitative estimate of drug-likeness (QED) is 0.821. The molecule has 21 heavy (non-hydrogen) atoms. The van der Waals surface area contributed by atoms with E-state index >= 15 is 0 Å². The van der Waals surface area contributed by atoms with Crippen molar-refractivity contribution in [3.05, 3.63) is 28.8 Å². The zero-order valence-corrected chi connectivity index (χ0v) is 13.1. The Morgan fingerprint density at radius 3 is 2.95 bits per heavy atom. The van der Waals surface area contributed by atoms with Gasteiger partial charge in [0.2, 0.25) is 0 Å². The van der Waals surface area contributed by atoms with Crippen LogP contribution in [-0.2, 0) is 0 Å². The summed E-state index contributed by atoms with van der Waals surface area (Å²) < 4.78 is 5.10. The number of nitrogens with zero attached hydrogens (tertiary/aromatic N) is 1. The molecule has 0 amide bonds. The molecule has 1 aromatic rings. The van der Waals surface area contributed by atoms with Crippen molar-refractivity contribution < 1.29 is 14.6 Å². The van der Waals surface area contributed by atoms with Crippen molar-refractivity contribution in [2.75, 3.05) is 26.8 Å². The average molecular weight is 312 g/mol. The van der Waals surface area contributed by atoms with Crippen LogP contribution in [0.2, 0.25) is 5.02 Å². The van der Waals surface area contributed by atoms with Gasteiger partial charge in [0.1, 0.15) is 5.75 Å². The first-order valence-electron chi connectivity index (χ1n) is 7.37. The molecule has 1 saturated heterocycles. The summed E-state index contributed by atoms with van der Waals surface area (Å²) in [5.74, 6) is 0.633. The molecule has 1 unspecified atom stereocenters. The fraction of sp³-hybridized carbons (Fsp3) is 0.562. The van der Waals surface area contributed by atoms with E-state index in [2.05, 4.69) is 4.90 Å². The minimum Gasteiger partial charge on any atom is -0.495 e. The van der Waals surface area contributed by atoms with Gasteiger partial charge in [-0.05, 0) is 44.0 Å². The lowest BCUT2D eigenvalue weighted by Crippen LogP contribution is -2.43. The number of likely N-dealkylation sites (tertiary alicyclic amines) is 1. The summed E-state index contributed by atoms with van der Waals surface area (Å²) in [4.78, 5) is 14.6. The number of aliphatic hydroxyl groups excluding tert-OH is 1. The molecule has 0 aliphatic carbocycles. The van der Waals surface area contributed by atoms with E-state index in [1.807, 2.05) is 0 Å². The number of carbonyl (C=O) groups is 1. The summed E-state index contributed by atoms with van der Waals surface area (Å²) in [5.41, 5.74) is 0.606. The molecule has 116 valence electrons. The van der Waals surface area contributed by atoms with E-state index in [1.165, 1.54) is 6.42 Å². The van der Waals surface area contributed by atoms with Crippen LogP contribution in [0.3, 0.4) is 0 Å². The lowest BCUT2D eigenvalue weighted by atomic mass is 9.98. The van der Waals surface area contributed by atoms with Gasteiger partial charge < -0.3 is 9.84 Å². The normalized spacial score (nSPS) is 19.5. The van der Waals surface area contributed by atoms with Crippen molar-refractivity contribution in [1.29, 1.82) is 0 Å². The minimum atomic E-state index is 0.0596. The van der Waals surface area contributed by atoms with E-state index in [-0.39, 0.29) is 12.4 Å². The first kappa shape index (κ1) is 16.3. The molecule has 1 aromatic carbocycles. The van der Waals surface area contributed by atoms with Gasteiger partial charge in [-0.2, -0.15) is 0 Å². The molecule has 1 fully saturated rings. The second-order valence-corrected chi connectivity index (χ2v) is 5.81. The second kappa shape index (κ2) is 7.78. The number of methoxy groups -OCH3 is 1. The number of hydrogen-bond acceptors (Lipinski definition) is 4. The van der Waals surface area contributed by atoms with E-state index in [0.717, 1.165) is 25.8 Å². The van der Waals surface area contributed by atoms with Crippen molar-refractivity contribution in [2.24, 2.45) is 0 Å². The maximum atomic E-state index is 12.4. The maximum absolute atomic E-state index is 12.4. The van der Waals surface area contributed by atoms with Gasteiger partial charge in [-0.1, -0.05) is 18.0 Å². The van der Waals surface area contributed by atoms with Crippen molar-refractivity contribution in [3.63, 3.8) is 0 Å². The zero-order valence-electron chi connectivity index (χ0n) is 12.3. The Morgan fingerprint density at radius 1 is 1.48 bits per heavy atom. The third-order valence-electron chi connectivity index (χ3n) is 4.03. The zero-order chi connectivity index (χ0) is 15.2. The average Bonchev–Trinajstić information content (AvgIpc) is 2.49. The van der Waals surface area contributed by atoms with Gasteiger partial charge in [-0.25, -0.2) is 0 Å². The molecular weight excluding hydrogens is 290 g/mol. The molecule has 1 heterocycles. The van der Waals surface area contributed by atoms with Crippen LogP contribution in [0, 0.1) is 0 Å². The van der Waals surface area contributed by atoms with Crippen LogP contribution in [0.4, 0.5) is 0 Å².